The van der Waals surface area contributed by atoms with E-state index in [0.29, 0.717) is 6.61 Å². The normalized spacial score (nSPS) is 11.5. The molecule has 1 aromatic carbocycles. The second-order valence-corrected chi connectivity index (χ2v) is 4.54. The number of nitrogens with two attached hydrogens (primary N) is 1. The number of hydrogen-bond acceptors (Lipinski definition) is 2. The third-order valence-electron chi connectivity index (χ3n) is 2.92. The molecule has 0 fully saturated rings. The Hall–Kier alpha value is -1.48. The fourth-order valence-electron chi connectivity index (χ4n) is 2.08. The molecule has 0 radical (unpaired) electrons. The molecule has 0 aliphatic rings. The second kappa shape index (κ2) is 4.80. The Kier molecular flexibility index (Phi) is 3.38. The number of hydrogen-bond donors (Lipinski definition) is 1. The molecule has 92 valence electrons. The van der Waals surface area contributed by atoms with Gasteiger partial charge in [0, 0.05) is 23.7 Å². The largest absolute Gasteiger partial charge is 0.397 e. The number of benzene rings is 1. The van der Waals surface area contributed by atoms with Crippen molar-refractivity contribution in [1.29, 1.82) is 0 Å². The van der Waals surface area contributed by atoms with E-state index in [1.807, 2.05) is 26.0 Å². The van der Waals surface area contributed by atoms with Gasteiger partial charge < -0.3 is 15.0 Å². The standard InChI is InChI=1S/C14H20N2O/c1-4-16-8-11(9-17-10(2)3)12-6-5-7-13(15)14(12)16/h5-8,10H,4,9,15H2,1-3H3. The first-order valence-corrected chi connectivity index (χ1v) is 6.11. The van der Waals surface area contributed by atoms with Gasteiger partial charge >= 0.3 is 0 Å². The minimum absolute atomic E-state index is 0.246. The Balaban J connectivity index is 2.46. The number of nitrogen functional groups attached to an aromatic ring is 1. The molecule has 2 aromatic rings. The van der Waals surface area contributed by atoms with Crippen LogP contribution in [0.3, 0.4) is 0 Å². The Bertz CT molecular complexity index is 514. The van der Waals surface area contributed by atoms with E-state index in [9.17, 15) is 0 Å². The minimum atomic E-state index is 0.246. The highest BCUT2D eigenvalue weighted by atomic mass is 16.5. The lowest BCUT2D eigenvalue weighted by Crippen LogP contribution is -2.01. The van der Waals surface area contributed by atoms with Gasteiger partial charge in [-0.3, -0.25) is 0 Å². The maximum Gasteiger partial charge on any atom is 0.0741 e. The molecule has 3 heteroatoms. The highest BCUT2D eigenvalue weighted by molar-refractivity contribution is 5.93. The van der Waals surface area contributed by atoms with Gasteiger partial charge in [0.05, 0.1) is 23.9 Å². The van der Waals surface area contributed by atoms with E-state index in [1.165, 1.54) is 10.9 Å². The number of para-hydroxylation sites is 1. The Labute approximate surface area is 102 Å². The molecule has 2 rings (SSSR count). The Morgan fingerprint density at radius 1 is 1.35 bits per heavy atom. The lowest BCUT2D eigenvalue weighted by molar-refractivity contribution is 0.0663. The van der Waals surface area contributed by atoms with Crippen molar-refractivity contribution in [3.63, 3.8) is 0 Å². The number of nitrogens with zero attached hydrogens (tertiary/aromatic N) is 1. The fourth-order valence-corrected chi connectivity index (χ4v) is 2.08. The van der Waals surface area contributed by atoms with E-state index in [-0.39, 0.29) is 6.10 Å². The average Bonchev–Trinajstić information content (AvgIpc) is 2.66. The van der Waals surface area contributed by atoms with E-state index in [1.54, 1.807) is 0 Å². The molecule has 0 aliphatic heterocycles. The SMILES string of the molecule is CCn1cc(COC(C)C)c2cccc(N)c21. The number of ether oxygens (including phenoxy) is 1. The van der Waals surface area contributed by atoms with Gasteiger partial charge in [-0.15, -0.1) is 0 Å². The van der Waals surface area contributed by atoms with Gasteiger partial charge in [0.2, 0.25) is 0 Å². The zero-order valence-electron chi connectivity index (χ0n) is 10.7. The molecular weight excluding hydrogens is 212 g/mol. The molecule has 3 nitrogen and oxygen atoms in total. The van der Waals surface area contributed by atoms with Gasteiger partial charge in [-0.1, -0.05) is 12.1 Å². The predicted molar refractivity (Wildman–Crippen MR) is 71.9 cm³/mol. The van der Waals surface area contributed by atoms with Crippen molar-refractivity contribution in [2.75, 3.05) is 5.73 Å². The summed E-state index contributed by atoms with van der Waals surface area (Å²) in [5, 5.41) is 1.20. The molecule has 0 saturated carbocycles. The number of rotatable bonds is 4. The zero-order valence-corrected chi connectivity index (χ0v) is 10.7. The van der Waals surface area contributed by atoms with Crippen LogP contribution < -0.4 is 5.73 Å². The lowest BCUT2D eigenvalue weighted by atomic mass is 10.1. The van der Waals surface area contributed by atoms with Gasteiger partial charge in [-0.25, -0.2) is 0 Å². The van der Waals surface area contributed by atoms with Crippen molar-refractivity contribution in [3.05, 3.63) is 30.0 Å². The van der Waals surface area contributed by atoms with Crippen molar-refractivity contribution >= 4 is 16.6 Å². The summed E-state index contributed by atoms with van der Waals surface area (Å²) >= 11 is 0. The lowest BCUT2D eigenvalue weighted by Gasteiger charge is -2.06. The molecule has 0 amide bonds. The number of aromatic nitrogens is 1. The maximum atomic E-state index is 6.04. The van der Waals surface area contributed by atoms with Crippen LogP contribution in [0.15, 0.2) is 24.4 Å². The van der Waals surface area contributed by atoms with Crippen LogP contribution in [0.4, 0.5) is 5.69 Å². The summed E-state index contributed by atoms with van der Waals surface area (Å²) in [6.45, 7) is 7.79. The topological polar surface area (TPSA) is 40.2 Å². The first kappa shape index (κ1) is 12.0. The van der Waals surface area contributed by atoms with Gasteiger partial charge in [-0.2, -0.15) is 0 Å². The second-order valence-electron chi connectivity index (χ2n) is 4.54. The third kappa shape index (κ3) is 2.29. The average molecular weight is 232 g/mol. The fraction of sp³-hybridized carbons (Fsp3) is 0.429. The van der Waals surface area contributed by atoms with Crippen LogP contribution >= 0.6 is 0 Å². The van der Waals surface area contributed by atoms with Crippen LogP contribution in [0, 0.1) is 0 Å². The third-order valence-corrected chi connectivity index (χ3v) is 2.92. The smallest absolute Gasteiger partial charge is 0.0741 e. The van der Waals surface area contributed by atoms with Crippen molar-refractivity contribution in [3.8, 4) is 0 Å². The molecule has 1 heterocycles. The van der Waals surface area contributed by atoms with Crippen molar-refractivity contribution in [2.24, 2.45) is 0 Å². The summed E-state index contributed by atoms with van der Waals surface area (Å²) in [6.07, 6.45) is 2.39. The number of anilines is 1. The number of aryl methyl sites for hydroxylation is 1. The van der Waals surface area contributed by atoms with E-state index in [4.69, 9.17) is 10.5 Å². The summed E-state index contributed by atoms with van der Waals surface area (Å²) in [6, 6.07) is 6.05. The molecule has 17 heavy (non-hydrogen) atoms. The monoisotopic (exact) mass is 232 g/mol. The first-order valence-electron chi connectivity index (χ1n) is 6.11. The van der Waals surface area contributed by atoms with Gasteiger partial charge in [-0.05, 0) is 26.8 Å². The van der Waals surface area contributed by atoms with Gasteiger partial charge in [0.25, 0.3) is 0 Å². The van der Waals surface area contributed by atoms with E-state index >= 15 is 0 Å². The maximum absolute atomic E-state index is 6.04. The quantitative estimate of drug-likeness (QED) is 0.822. The molecule has 0 spiro atoms. The summed E-state index contributed by atoms with van der Waals surface area (Å²) in [5.41, 5.74) is 9.21. The zero-order chi connectivity index (χ0) is 12.4. The van der Waals surface area contributed by atoms with Crippen molar-refractivity contribution in [1.82, 2.24) is 4.57 Å². The van der Waals surface area contributed by atoms with Gasteiger partial charge in [0.1, 0.15) is 0 Å². The number of fused-ring (bicyclic) bond motifs is 1. The van der Waals surface area contributed by atoms with E-state index in [0.717, 1.165) is 17.7 Å². The van der Waals surface area contributed by atoms with Gasteiger partial charge in [0.15, 0.2) is 0 Å². The minimum Gasteiger partial charge on any atom is -0.397 e. The molecule has 0 aliphatic carbocycles. The van der Waals surface area contributed by atoms with E-state index in [2.05, 4.69) is 23.8 Å². The molecular formula is C14H20N2O. The van der Waals surface area contributed by atoms with Crippen LogP contribution in [-0.2, 0) is 17.9 Å². The molecule has 0 saturated heterocycles. The molecule has 1 aromatic heterocycles. The molecule has 0 bridgehead atoms. The first-order chi connectivity index (χ1) is 8.13. The predicted octanol–water partition coefficient (Wildman–Crippen LogP) is 3.17. The molecule has 0 unspecified atom stereocenters. The molecule has 0 atom stereocenters. The van der Waals surface area contributed by atoms with Crippen molar-refractivity contribution in [2.45, 2.75) is 40.0 Å². The molecule has 2 N–H and O–H groups in total. The summed E-state index contributed by atoms with van der Waals surface area (Å²) in [5.74, 6) is 0. The Morgan fingerprint density at radius 3 is 2.76 bits per heavy atom. The summed E-state index contributed by atoms with van der Waals surface area (Å²) < 4.78 is 7.86. The van der Waals surface area contributed by atoms with E-state index < -0.39 is 0 Å². The van der Waals surface area contributed by atoms with Crippen LogP contribution in [0.5, 0.6) is 0 Å². The summed E-state index contributed by atoms with van der Waals surface area (Å²) in [7, 11) is 0. The van der Waals surface area contributed by atoms with Crippen LogP contribution in [0.1, 0.15) is 26.3 Å². The highest BCUT2D eigenvalue weighted by Gasteiger charge is 2.10. The van der Waals surface area contributed by atoms with Crippen LogP contribution in [0.25, 0.3) is 10.9 Å². The van der Waals surface area contributed by atoms with Crippen molar-refractivity contribution < 1.29 is 4.74 Å². The van der Waals surface area contributed by atoms with Crippen LogP contribution in [-0.4, -0.2) is 10.7 Å². The Morgan fingerprint density at radius 2 is 2.12 bits per heavy atom. The summed E-state index contributed by atoms with van der Waals surface area (Å²) in [4.78, 5) is 0. The van der Waals surface area contributed by atoms with Crippen LogP contribution in [0.2, 0.25) is 0 Å². The highest BCUT2D eigenvalue weighted by Crippen LogP contribution is 2.27.